The highest BCUT2D eigenvalue weighted by Crippen LogP contribution is 2.00. The molecule has 4 N–H and O–H groups in total. The average molecular weight is 336 g/mol. The number of esters is 2. The van der Waals surface area contributed by atoms with Crippen molar-refractivity contribution in [3.8, 4) is 0 Å². The van der Waals surface area contributed by atoms with E-state index in [0.29, 0.717) is 11.1 Å². The van der Waals surface area contributed by atoms with Crippen LogP contribution in [0.2, 0.25) is 0 Å². The molecule has 0 bridgehead atoms. The summed E-state index contributed by atoms with van der Waals surface area (Å²) in [4.78, 5) is 22.0. The second-order valence-corrected chi connectivity index (χ2v) is 4.27. The molecule has 0 amide bonds. The first kappa shape index (κ1) is 26.2. The molecule has 0 saturated carbocycles. The summed E-state index contributed by atoms with van der Waals surface area (Å²) < 4.78 is 9.70. The summed E-state index contributed by atoms with van der Waals surface area (Å²) in [5.74, 6) is -0.984. The third-order valence-corrected chi connectivity index (χ3v) is 1.65. The molecule has 8 heteroatoms. The van der Waals surface area contributed by atoms with Crippen molar-refractivity contribution in [2.24, 2.45) is 0 Å². The molecule has 136 valence electrons. The molecule has 1 unspecified atom stereocenters. The van der Waals surface area contributed by atoms with Crippen LogP contribution < -0.4 is 0 Å². The summed E-state index contributed by atoms with van der Waals surface area (Å²) in [5.41, 5.74) is 0.626. The highest BCUT2D eigenvalue weighted by molar-refractivity contribution is 5.87. The van der Waals surface area contributed by atoms with Crippen LogP contribution >= 0.6 is 0 Å². The maximum Gasteiger partial charge on any atom is 0.333 e. The van der Waals surface area contributed by atoms with Gasteiger partial charge in [-0.3, -0.25) is 0 Å². The summed E-state index contributed by atoms with van der Waals surface area (Å²) in [6, 6.07) is 0. The Morgan fingerprint density at radius 1 is 0.870 bits per heavy atom. The van der Waals surface area contributed by atoms with Crippen LogP contribution in [0.4, 0.5) is 0 Å². The van der Waals surface area contributed by atoms with E-state index in [1.807, 2.05) is 0 Å². The van der Waals surface area contributed by atoms with E-state index in [2.05, 4.69) is 13.2 Å². The molecule has 0 aromatic carbocycles. The lowest BCUT2D eigenvalue weighted by Crippen LogP contribution is -2.22. The summed E-state index contributed by atoms with van der Waals surface area (Å²) in [5, 5.41) is 30.5. The van der Waals surface area contributed by atoms with Crippen molar-refractivity contribution in [3.05, 3.63) is 24.3 Å². The van der Waals surface area contributed by atoms with Gasteiger partial charge in [-0.05, 0) is 20.8 Å². The molecule has 1 atom stereocenters. The minimum Gasteiger partial charge on any atom is -0.458 e. The molecule has 0 aliphatic carbocycles. The molecule has 0 radical (unpaired) electrons. The van der Waals surface area contributed by atoms with Gasteiger partial charge in [0.1, 0.15) is 12.7 Å². The maximum absolute atomic E-state index is 11.1. The molecule has 8 nitrogen and oxygen atoms in total. The number of hydrogen-bond donors (Lipinski definition) is 4. The third kappa shape index (κ3) is 22.7. The quantitative estimate of drug-likeness (QED) is 0.363. The Hall–Kier alpha value is -1.74. The molecule has 0 aromatic heterocycles. The van der Waals surface area contributed by atoms with Crippen LogP contribution in [0.5, 0.6) is 0 Å². The fourth-order valence-electron chi connectivity index (χ4n) is 0.634. The van der Waals surface area contributed by atoms with Gasteiger partial charge in [0.2, 0.25) is 0 Å². The topological polar surface area (TPSA) is 134 Å². The van der Waals surface area contributed by atoms with Crippen LogP contribution in [-0.4, -0.2) is 71.5 Å². The lowest BCUT2D eigenvalue weighted by Gasteiger charge is -2.13. The Bertz CT molecular complexity index is 343. The number of carbonyl (C=O) groups is 2. The van der Waals surface area contributed by atoms with Gasteiger partial charge in [-0.25, -0.2) is 9.59 Å². The zero-order valence-electron chi connectivity index (χ0n) is 13.9. The molecule has 0 fully saturated rings. The average Bonchev–Trinajstić information content (AvgIpc) is 2.52. The first-order valence-corrected chi connectivity index (χ1v) is 6.80. The van der Waals surface area contributed by atoms with Gasteiger partial charge in [-0.2, -0.15) is 0 Å². The van der Waals surface area contributed by atoms with Crippen molar-refractivity contribution in [2.75, 3.05) is 33.0 Å². The Balaban J connectivity index is -0.000000413. The van der Waals surface area contributed by atoms with Crippen molar-refractivity contribution in [2.45, 2.75) is 26.9 Å². The van der Waals surface area contributed by atoms with Gasteiger partial charge in [-0.15, -0.1) is 0 Å². The normalized spacial score (nSPS) is 10.0. The predicted octanol–water partition coefficient (Wildman–Crippen LogP) is -0.444. The van der Waals surface area contributed by atoms with E-state index in [9.17, 15) is 9.59 Å². The van der Waals surface area contributed by atoms with Gasteiger partial charge in [0.05, 0.1) is 26.4 Å². The predicted molar refractivity (Wildman–Crippen MR) is 84.5 cm³/mol. The molecule has 0 aromatic rings. The summed E-state index contributed by atoms with van der Waals surface area (Å²) in [7, 11) is 0. The lowest BCUT2D eigenvalue weighted by atomic mass is 10.3. The first-order valence-electron chi connectivity index (χ1n) is 6.80. The van der Waals surface area contributed by atoms with Gasteiger partial charge < -0.3 is 29.9 Å². The van der Waals surface area contributed by atoms with Crippen molar-refractivity contribution in [3.63, 3.8) is 0 Å². The minimum atomic E-state index is -0.492. The van der Waals surface area contributed by atoms with E-state index in [-0.39, 0.29) is 33.0 Å². The van der Waals surface area contributed by atoms with Crippen LogP contribution in [0.1, 0.15) is 20.8 Å². The minimum absolute atomic E-state index is 0.0186. The molecule has 0 spiro atoms. The van der Waals surface area contributed by atoms with Gasteiger partial charge in [0, 0.05) is 11.1 Å². The summed E-state index contributed by atoms with van der Waals surface area (Å²) in [6.45, 7) is 11.1. The zero-order valence-corrected chi connectivity index (χ0v) is 13.9. The number of ether oxygens (including phenoxy) is 2. The number of aliphatic hydroxyl groups excluding tert-OH is 4. The van der Waals surface area contributed by atoms with Gasteiger partial charge in [-0.1, -0.05) is 13.2 Å². The maximum atomic E-state index is 11.1. The molecule has 0 heterocycles. The van der Waals surface area contributed by atoms with Gasteiger partial charge >= 0.3 is 11.9 Å². The molecule has 23 heavy (non-hydrogen) atoms. The number of carbonyl (C=O) groups excluding carboxylic acids is 2. The van der Waals surface area contributed by atoms with Crippen LogP contribution in [0.3, 0.4) is 0 Å². The third-order valence-electron chi connectivity index (χ3n) is 1.65. The largest absolute Gasteiger partial charge is 0.458 e. The van der Waals surface area contributed by atoms with Crippen LogP contribution in [0.15, 0.2) is 24.3 Å². The Morgan fingerprint density at radius 3 is 1.48 bits per heavy atom. The van der Waals surface area contributed by atoms with E-state index in [4.69, 9.17) is 29.9 Å². The Labute approximate surface area is 136 Å². The van der Waals surface area contributed by atoms with E-state index >= 15 is 0 Å². The second kappa shape index (κ2) is 18.3. The SMILES string of the molecule is C=C(C)C(=O)OCC(C)OC(=O)C(=C)C.OCCO.OCCO. The van der Waals surface area contributed by atoms with Gasteiger partial charge in [0.15, 0.2) is 0 Å². The molecular formula is C15H28O8. The number of aliphatic hydroxyl groups is 4. The zero-order chi connectivity index (χ0) is 18.8. The van der Waals surface area contributed by atoms with Crippen molar-refractivity contribution in [1.29, 1.82) is 0 Å². The summed E-state index contributed by atoms with van der Waals surface area (Å²) >= 11 is 0. The molecule has 0 saturated heterocycles. The van der Waals surface area contributed by atoms with E-state index in [1.165, 1.54) is 0 Å². The van der Waals surface area contributed by atoms with E-state index in [0.717, 1.165) is 0 Å². The fraction of sp³-hybridized carbons (Fsp3) is 0.600. The second-order valence-electron chi connectivity index (χ2n) is 4.27. The standard InChI is InChI=1S/C11H16O4.2C2H6O2/c1-7(2)10(12)14-6-9(5)15-11(13)8(3)4;2*3-1-2-4/h9H,1,3,6H2,2,4-5H3;2*3-4H,1-2H2. The summed E-state index contributed by atoms with van der Waals surface area (Å²) in [6.07, 6.45) is -0.488. The molecule has 0 aliphatic rings. The van der Waals surface area contributed by atoms with Gasteiger partial charge in [0.25, 0.3) is 0 Å². The molecule has 0 rings (SSSR count). The van der Waals surface area contributed by atoms with E-state index in [1.54, 1.807) is 20.8 Å². The van der Waals surface area contributed by atoms with Crippen molar-refractivity contribution in [1.82, 2.24) is 0 Å². The number of rotatable bonds is 7. The Kier molecular flexibility index (Phi) is 20.8. The van der Waals surface area contributed by atoms with Crippen LogP contribution in [0, 0.1) is 0 Å². The Morgan fingerprint density at radius 2 is 1.22 bits per heavy atom. The van der Waals surface area contributed by atoms with Crippen molar-refractivity contribution < 1.29 is 39.5 Å². The first-order chi connectivity index (χ1) is 10.7. The lowest BCUT2D eigenvalue weighted by molar-refractivity contribution is -0.152. The number of hydrogen-bond acceptors (Lipinski definition) is 8. The van der Waals surface area contributed by atoms with E-state index < -0.39 is 18.0 Å². The van der Waals surface area contributed by atoms with Crippen molar-refractivity contribution >= 4 is 11.9 Å². The smallest absolute Gasteiger partial charge is 0.333 e. The fourth-order valence-corrected chi connectivity index (χ4v) is 0.634. The van der Waals surface area contributed by atoms with Crippen LogP contribution in [0.25, 0.3) is 0 Å². The monoisotopic (exact) mass is 336 g/mol. The highest BCUT2D eigenvalue weighted by Gasteiger charge is 2.12. The highest BCUT2D eigenvalue weighted by atomic mass is 16.6. The van der Waals surface area contributed by atoms with Crippen LogP contribution in [-0.2, 0) is 19.1 Å². The molecular weight excluding hydrogens is 308 g/mol. The molecule has 0 aliphatic heterocycles.